The molecule has 0 aromatic heterocycles. The monoisotopic (exact) mass is 1740 g/mol. The minimum absolute atomic E-state index is 0.0259. The molecule has 0 aromatic carbocycles. The van der Waals surface area contributed by atoms with Gasteiger partial charge in [-0.2, -0.15) is 0 Å². The van der Waals surface area contributed by atoms with E-state index in [1.54, 1.807) is 0 Å². The van der Waals surface area contributed by atoms with Crippen molar-refractivity contribution in [2.75, 3.05) is 79.3 Å². The van der Waals surface area contributed by atoms with Crippen LogP contribution in [0.4, 0.5) is 0 Å². The highest BCUT2D eigenvalue weighted by Crippen LogP contribution is 2.33. The number of unbranched alkanes of at least 4 members (excludes halogenated alkanes) is 31. The molecule has 0 radical (unpaired) electrons. The molecule has 2 rings (SSSR count). The number of hydrogen-bond acceptors (Lipinski definition) is 22. The van der Waals surface area contributed by atoms with Crippen molar-refractivity contribution in [1.29, 1.82) is 0 Å². The highest BCUT2D eigenvalue weighted by Gasteiger charge is 2.51. The first-order chi connectivity index (χ1) is 59.8. The molecule has 714 valence electrons. The topological polar surface area (TPSA) is 250 Å². The third-order valence-electron chi connectivity index (χ3n) is 22.5. The van der Waals surface area contributed by atoms with Crippen LogP contribution in [0.15, 0.2) is 24.3 Å². The van der Waals surface area contributed by atoms with E-state index in [9.17, 15) is 28.8 Å². The first kappa shape index (κ1) is 114. The van der Waals surface area contributed by atoms with Crippen LogP contribution in [-0.4, -0.2) is 189 Å². The van der Waals surface area contributed by atoms with E-state index in [1.807, 2.05) is 0 Å². The fraction of sp³-hybridized carbons (Fsp3) is 0.900. The minimum atomic E-state index is -0.696. The number of rotatable bonds is 87. The maximum atomic E-state index is 13.2. The Hall–Kier alpha value is -4.10. The molecule has 22 nitrogen and oxygen atoms in total. The smallest absolute Gasteiger partial charge is 0.306 e. The van der Waals surface area contributed by atoms with Gasteiger partial charge in [0.05, 0.1) is 13.2 Å². The molecule has 122 heavy (non-hydrogen) atoms. The van der Waals surface area contributed by atoms with Crippen molar-refractivity contribution in [3.63, 3.8) is 0 Å². The van der Waals surface area contributed by atoms with Crippen LogP contribution in [0.5, 0.6) is 0 Å². The van der Waals surface area contributed by atoms with Crippen molar-refractivity contribution < 1.29 is 105 Å². The summed E-state index contributed by atoms with van der Waals surface area (Å²) in [6.45, 7) is 26.6. The van der Waals surface area contributed by atoms with Gasteiger partial charge in [-0.3, -0.25) is 28.8 Å². The Morgan fingerprint density at radius 3 is 0.836 bits per heavy atom. The van der Waals surface area contributed by atoms with Crippen LogP contribution in [0.3, 0.4) is 0 Å². The predicted molar refractivity (Wildman–Crippen MR) is 485 cm³/mol. The Morgan fingerprint density at radius 2 is 0.500 bits per heavy atom. The maximum absolute atomic E-state index is 13.2. The first-order valence-corrected chi connectivity index (χ1v) is 50.3. The standard InChI is InChI=1S/C100H182O22/c1-11-21-31-51-61-83(119-91(105)69-59-67-89(103)117-81-85-93(109-71-23-13-3)95(111-73-25-15-5)97(113-75-27-17-7)99(121-85)115-77-29-19-9)63-53-45-39-33-35-41-47-55-65-87(101)107-79-57-49-43-37-38-44-50-58-80-108-88(102)66-56-48-42-36-34-40-46-54-64-84(62-52-32-22-12-2)120-92(106)70-60-68-90(104)118-82-86-94(110-72-24-14-4)96(112-74-26-16-6)98(114-76-28-18-8)100(122-86)116-78-30-20-10/h45-46,53-54,83-86,93-100H,11-44,47-52,55-82H2,1-10H3/b53-45-,54-46-/t83-,84-,85?,86?,93+,94+,95?,96?,97+,98+,99?,100?/m1/s1. The Labute approximate surface area is 742 Å². The second kappa shape index (κ2) is 82.6. The summed E-state index contributed by atoms with van der Waals surface area (Å²) in [6, 6.07) is 0. The Balaban J connectivity index is 1.57. The second-order valence-corrected chi connectivity index (χ2v) is 34.0. The van der Waals surface area contributed by atoms with Gasteiger partial charge in [0.2, 0.25) is 0 Å². The SMILES string of the molecule is CCCCCC[C@H](C/C=C\CCCCCCCC(=O)OCCCCCCCCCCOC(=O)CCCCCCC/C=C\C[C@@H](CCCCCC)OC(=O)CCCC(=O)OCC1OC(OCCCC)[C@@H](OCCCC)C(OCCCC)[C@H]1OCCCC)OC(=O)CCCC(=O)OCC1OC(OCCCC)[C@@H](OCCCC)C(OCCCC)[C@H]1OCCCC. The molecular weight excluding hydrogens is 1550 g/mol. The Morgan fingerprint density at radius 1 is 0.238 bits per heavy atom. The van der Waals surface area contributed by atoms with Gasteiger partial charge in [0.25, 0.3) is 0 Å². The summed E-state index contributed by atoms with van der Waals surface area (Å²) in [5.41, 5.74) is 0. The van der Waals surface area contributed by atoms with Gasteiger partial charge in [-0.05, 0) is 141 Å². The van der Waals surface area contributed by atoms with Crippen LogP contribution in [0.1, 0.15) is 429 Å². The summed E-state index contributed by atoms with van der Waals surface area (Å²) in [7, 11) is 0. The van der Waals surface area contributed by atoms with Gasteiger partial charge in [0, 0.05) is 104 Å². The van der Waals surface area contributed by atoms with Crippen LogP contribution < -0.4 is 0 Å². The molecule has 2 aliphatic heterocycles. The minimum Gasteiger partial charge on any atom is -0.466 e. The maximum Gasteiger partial charge on any atom is 0.306 e. The lowest BCUT2D eigenvalue weighted by molar-refractivity contribution is -0.322. The highest BCUT2D eigenvalue weighted by molar-refractivity contribution is 5.73. The van der Waals surface area contributed by atoms with Gasteiger partial charge in [0.1, 0.15) is 74.3 Å². The van der Waals surface area contributed by atoms with Crippen molar-refractivity contribution in [2.24, 2.45) is 0 Å². The normalized spacial score (nSPS) is 19.8. The van der Waals surface area contributed by atoms with Gasteiger partial charge in [-0.15, -0.1) is 0 Å². The number of esters is 6. The molecule has 0 amide bonds. The van der Waals surface area contributed by atoms with Crippen molar-refractivity contribution in [3.05, 3.63) is 24.3 Å². The molecule has 2 aliphatic rings. The fourth-order valence-electron chi connectivity index (χ4n) is 14.7. The largest absolute Gasteiger partial charge is 0.466 e. The second-order valence-electron chi connectivity index (χ2n) is 34.0. The molecule has 0 aliphatic carbocycles. The number of ether oxygens (including phenoxy) is 16. The van der Waals surface area contributed by atoms with E-state index in [0.29, 0.717) is 105 Å². The quantitative estimate of drug-likeness (QED) is 0.0237. The van der Waals surface area contributed by atoms with Crippen molar-refractivity contribution in [2.45, 2.75) is 502 Å². The molecule has 2 heterocycles. The van der Waals surface area contributed by atoms with E-state index >= 15 is 0 Å². The van der Waals surface area contributed by atoms with E-state index in [0.717, 1.165) is 295 Å². The van der Waals surface area contributed by atoms with Gasteiger partial charge in [-0.1, -0.05) is 260 Å². The van der Waals surface area contributed by atoms with Gasteiger partial charge in [-0.25, -0.2) is 0 Å². The van der Waals surface area contributed by atoms with Crippen LogP contribution in [0, 0.1) is 0 Å². The van der Waals surface area contributed by atoms with Crippen molar-refractivity contribution in [3.8, 4) is 0 Å². The number of allylic oxidation sites excluding steroid dienone is 2. The van der Waals surface area contributed by atoms with Crippen LogP contribution >= 0.6 is 0 Å². The van der Waals surface area contributed by atoms with Gasteiger partial charge in [0.15, 0.2) is 12.6 Å². The third-order valence-corrected chi connectivity index (χ3v) is 22.5. The molecule has 12 atom stereocenters. The number of hydrogen-bond donors (Lipinski definition) is 0. The lowest BCUT2D eigenvalue weighted by Gasteiger charge is -2.45. The molecule has 0 spiro atoms. The molecule has 6 unspecified atom stereocenters. The average Bonchev–Trinajstić information content (AvgIpc) is 0.797. The summed E-state index contributed by atoms with van der Waals surface area (Å²) in [5, 5.41) is 0. The zero-order chi connectivity index (χ0) is 88.6. The van der Waals surface area contributed by atoms with Crippen molar-refractivity contribution >= 4 is 35.8 Å². The molecule has 0 aromatic rings. The summed E-state index contributed by atoms with van der Waals surface area (Å²) in [5.74, 6) is -1.60. The predicted octanol–water partition coefficient (Wildman–Crippen LogP) is 23.9. The van der Waals surface area contributed by atoms with Crippen LogP contribution in [-0.2, 0) is 105 Å². The highest BCUT2D eigenvalue weighted by atomic mass is 16.7. The zero-order valence-electron chi connectivity index (χ0n) is 79.3. The summed E-state index contributed by atoms with van der Waals surface area (Å²) >= 11 is 0. The van der Waals surface area contributed by atoms with E-state index in [2.05, 4.69) is 93.5 Å². The number of carbonyl (C=O) groups excluding carboxylic acids is 6. The van der Waals surface area contributed by atoms with Gasteiger partial charge >= 0.3 is 35.8 Å². The zero-order valence-corrected chi connectivity index (χ0v) is 79.3. The Bertz CT molecular complexity index is 2330. The van der Waals surface area contributed by atoms with E-state index in [1.165, 1.54) is 0 Å². The van der Waals surface area contributed by atoms with Crippen LogP contribution in [0.2, 0.25) is 0 Å². The molecule has 2 fully saturated rings. The van der Waals surface area contributed by atoms with Crippen molar-refractivity contribution in [1.82, 2.24) is 0 Å². The summed E-state index contributed by atoms with van der Waals surface area (Å²) in [4.78, 5) is 77.7. The van der Waals surface area contributed by atoms with Gasteiger partial charge < -0.3 is 75.8 Å². The molecule has 0 saturated carbocycles. The Kier molecular flexibility index (Phi) is 77.1. The summed E-state index contributed by atoms with van der Waals surface area (Å²) < 4.78 is 99.5. The number of carbonyl (C=O) groups is 6. The fourth-order valence-corrected chi connectivity index (χ4v) is 14.7. The van der Waals surface area contributed by atoms with E-state index < -0.39 is 73.4 Å². The molecule has 0 N–H and O–H groups in total. The molecule has 0 bridgehead atoms. The molecule has 22 heteroatoms. The lowest BCUT2D eigenvalue weighted by Crippen LogP contribution is -2.62. The first-order valence-electron chi connectivity index (χ1n) is 50.3. The molecular formula is C100H182O22. The van der Waals surface area contributed by atoms with E-state index in [-0.39, 0.29) is 75.0 Å². The van der Waals surface area contributed by atoms with Crippen LogP contribution in [0.25, 0.3) is 0 Å². The molecule has 2 saturated heterocycles. The third kappa shape index (κ3) is 60.6. The summed E-state index contributed by atoms with van der Waals surface area (Å²) in [6.07, 6.45) is 51.8. The van der Waals surface area contributed by atoms with E-state index in [4.69, 9.17) is 75.8 Å². The average molecular weight is 1740 g/mol. The lowest BCUT2D eigenvalue weighted by atomic mass is 9.98.